The molecule has 1 atom stereocenters. The molecular weight excluding hydrogens is 224 g/mol. The molecule has 2 saturated carbocycles. The van der Waals surface area contributed by atoms with Crippen molar-refractivity contribution in [2.45, 2.75) is 57.9 Å². The van der Waals surface area contributed by atoms with Gasteiger partial charge in [-0.05, 0) is 49.9 Å². The number of nitrogens with one attached hydrogen (secondary N) is 1. The van der Waals surface area contributed by atoms with Gasteiger partial charge in [0.05, 0.1) is 12.7 Å². The molecule has 1 unspecified atom stereocenters. The van der Waals surface area contributed by atoms with E-state index in [-0.39, 0.29) is 6.04 Å². The highest BCUT2D eigenvalue weighted by Gasteiger charge is 2.43. The second kappa shape index (κ2) is 5.20. The maximum absolute atomic E-state index is 12.3. The lowest BCUT2D eigenvalue weighted by Crippen LogP contribution is -2.35. The van der Waals surface area contributed by atoms with E-state index in [1.165, 1.54) is 32.1 Å². The lowest BCUT2D eigenvalue weighted by atomic mass is 9.97. The highest BCUT2D eigenvalue weighted by molar-refractivity contribution is 5.83. The summed E-state index contributed by atoms with van der Waals surface area (Å²) < 4.78 is 0. The summed E-state index contributed by atoms with van der Waals surface area (Å²) in [5.41, 5.74) is 0. The molecule has 0 aromatic rings. The van der Waals surface area contributed by atoms with E-state index in [1.807, 2.05) is 0 Å². The molecule has 1 saturated heterocycles. The number of carbonyl (C=O) groups excluding carboxylic acids is 1. The number of hydrogen-bond acceptors (Lipinski definition) is 2. The SMILES string of the molecule is CCCCC1NCN(CC(C2CC2)C2CC2)C1=O. The van der Waals surface area contributed by atoms with Crippen molar-refractivity contribution in [3.05, 3.63) is 0 Å². The van der Waals surface area contributed by atoms with Gasteiger partial charge >= 0.3 is 0 Å². The normalized spacial score (nSPS) is 28.4. The summed E-state index contributed by atoms with van der Waals surface area (Å²) in [4.78, 5) is 14.4. The van der Waals surface area contributed by atoms with Crippen LogP contribution in [0.4, 0.5) is 0 Å². The first kappa shape index (κ1) is 12.5. The summed E-state index contributed by atoms with van der Waals surface area (Å²) in [7, 11) is 0. The Bertz CT molecular complexity index is 298. The van der Waals surface area contributed by atoms with E-state index in [0.717, 1.165) is 43.8 Å². The Balaban J connectivity index is 1.51. The van der Waals surface area contributed by atoms with Gasteiger partial charge in [-0.25, -0.2) is 0 Å². The van der Waals surface area contributed by atoms with Crippen LogP contribution >= 0.6 is 0 Å². The Morgan fingerprint density at radius 1 is 1.28 bits per heavy atom. The van der Waals surface area contributed by atoms with Crippen molar-refractivity contribution in [2.24, 2.45) is 17.8 Å². The number of unbranched alkanes of at least 4 members (excludes halogenated alkanes) is 1. The predicted molar refractivity (Wildman–Crippen MR) is 72.0 cm³/mol. The smallest absolute Gasteiger partial charge is 0.240 e. The lowest BCUT2D eigenvalue weighted by Gasteiger charge is -2.23. The Labute approximate surface area is 110 Å². The quantitative estimate of drug-likeness (QED) is 0.752. The van der Waals surface area contributed by atoms with Crippen LogP contribution in [0, 0.1) is 17.8 Å². The summed E-state index contributed by atoms with van der Waals surface area (Å²) in [6.45, 7) is 4.01. The minimum Gasteiger partial charge on any atom is -0.328 e. The second-order valence-electron chi connectivity index (χ2n) is 6.46. The molecule has 0 bridgehead atoms. The first-order valence-electron chi connectivity index (χ1n) is 7.81. The second-order valence-corrected chi connectivity index (χ2v) is 6.46. The fourth-order valence-corrected chi connectivity index (χ4v) is 3.38. The number of rotatable bonds is 7. The van der Waals surface area contributed by atoms with Crippen molar-refractivity contribution in [3.63, 3.8) is 0 Å². The molecule has 1 N–H and O–H groups in total. The van der Waals surface area contributed by atoms with E-state index in [2.05, 4.69) is 17.1 Å². The molecule has 2 aliphatic carbocycles. The summed E-state index contributed by atoms with van der Waals surface area (Å²) in [5.74, 6) is 3.08. The van der Waals surface area contributed by atoms with Crippen LogP contribution < -0.4 is 5.32 Å². The van der Waals surface area contributed by atoms with Crippen LogP contribution in [-0.4, -0.2) is 30.1 Å². The maximum Gasteiger partial charge on any atom is 0.240 e. The van der Waals surface area contributed by atoms with Crippen molar-refractivity contribution in [2.75, 3.05) is 13.2 Å². The monoisotopic (exact) mass is 250 g/mol. The molecule has 3 rings (SSSR count). The van der Waals surface area contributed by atoms with E-state index < -0.39 is 0 Å². The minimum atomic E-state index is 0.115. The molecular formula is C15H26N2O. The molecule has 1 heterocycles. The molecule has 3 fully saturated rings. The van der Waals surface area contributed by atoms with E-state index in [9.17, 15) is 4.79 Å². The van der Waals surface area contributed by atoms with E-state index in [4.69, 9.17) is 0 Å². The Kier molecular flexibility index (Phi) is 3.60. The highest BCUT2D eigenvalue weighted by atomic mass is 16.2. The summed E-state index contributed by atoms with van der Waals surface area (Å²) in [5, 5.41) is 3.39. The van der Waals surface area contributed by atoms with Gasteiger partial charge in [-0.1, -0.05) is 19.8 Å². The van der Waals surface area contributed by atoms with Crippen LogP contribution in [0.1, 0.15) is 51.9 Å². The standard InChI is InChI=1S/C15H26N2O/c1-2-3-4-14-15(18)17(10-16-14)9-13(11-5-6-11)12-7-8-12/h11-14,16H,2-10H2,1H3. The van der Waals surface area contributed by atoms with Crippen LogP contribution in [0.15, 0.2) is 0 Å². The number of carbonyl (C=O) groups is 1. The molecule has 3 heteroatoms. The number of nitrogens with zero attached hydrogens (tertiary/aromatic N) is 1. The summed E-state index contributed by atoms with van der Waals surface area (Å²) in [6, 6.07) is 0.115. The van der Waals surface area contributed by atoms with Gasteiger partial charge in [0.1, 0.15) is 0 Å². The van der Waals surface area contributed by atoms with E-state index in [1.54, 1.807) is 0 Å². The van der Waals surface area contributed by atoms with E-state index >= 15 is 0 Å². The molecule has 3 aliphatic rings. The molecule has 1 aliphatic heterocycles. The van der Waals surface area contributed by atoms with Gasteiger partial charge in [-0.2, -0.15) is 0 Å². The van der Waals surface area contributed by atoms with Gasteiger partial charge in [0.25, 0.3) is 0 Å². The Morgan fingerprint density at radius 2 is 1.94 bits per heavy atom. The average molecular weight is 250 g/mol. The van der Waals surface area contributed by atoms with Gasteiger partial charge < -0.3 is 4.90 Å². The zero-order valence-corrected chi connectivity index (χ0v) is 11.5. The largest absolute Gasteiger partial charge is 0.328 e. The van der Waals surface area contributed by atoms with Crippen molar-refractivity contribution in [1.82, 2.24) is 10.2 Å². The van der Waals surface area contributed by atoms with Crippen molar-refractivity contribution in [1.29, 1.82) is 0 Å². The fraction of sp³-hybridized carbons (Fsp3) is 0.933. The van der Waals surface area contributed by atoms with E-state index in [0.29, 0.717) is 5.91 Å². The van der Waals surface area contributed by atoms with Gasteiger partial charge in [0.2, 0.25) is 5.91 Å². The van der Waals surface area contributed by atoms with Crippen LogP contribution in [0.5, 0.6) is 0 Å². The van der Waals surface area contributed by atoms with Crippen molar-refractivity contribution < 1.29 is 4.79 Å². The topological polar surface area (TPSA) is 32.3 Å². The van der Waals surface area contributed by atoms with Gasteiger partial charge in [0.15, 0.2) is 0 Å². The van der Waals surface area contributed by atoms with Crippen LogP contribution in [-0.2, 0) is 4.79 Å². The molecule has 18 heavy (non-hydrogen) atoms. The number of amides is 1. The maximum atomic E-state index is 12.3. The highest BCUT2D eigenvalue weighted by Crippen LogP contribution is 2.49. The third-order valence-corrected chi connectivity index (χ3v) is 4.87. The fourth-order valence-electron chi connectivity index (χ4n) is 3.38. The molecule has 0 aromatic carbocycles. The zero-order chi connectivity index (χ0) is 12.5. The Morgan fingerprint density at radius 3 is 2.50 bits per heavy atom. The zero-order valence-electron chi connectivity index (χ0n) is 11.5. The summed E-state index contributed by atoms with van der Waals surface area (Å²) in [6.07, 6.45) is 9.01. The summed E-state index contributed by atoms with van der Waals surface area (Å²) >= 11 is 0. The third kappa shape index (κ3) is 2.71. The van der Waals surface area contributed by atoms with Crippen molar-refractivity contribution >= 4 is 5.91 Å². The first-order valence-corrected chi connectivity index (χ1v) is 7.81. The average Bonchev–Trinajstić information content (AvgIpc) is 3.26. The molecule has 102 valence electrons. The molecule has 0 spiro atoms. The van der Waals surface area contributed by atoms with Crippen LogP contribution in [0.3, 0.4) is 0 Å². The number of hydrogen-bond donors (Lipinski definition) is 1. The minimum absolute atomic E-state index is 0.115. The molecule has 0 radical (unpaired) electrons. The first-order chi connectivity index (χ1) is 8.79. The predicted octanol–water partition coefficient (Wildman–Crippen LogP) is 2.37. The lowest BCUT2D eigenvalue weighted by molar-refractivity contribution is -0.129. The molecule has 1 amide bonds. The Hall–Kier alpha value is -0.570. The van der Waals surface area contributed by atoms with Crippen molar-refractivity contribution in [3.8, 4) is 0 Å². The van der Waals surface area contributed by atoms with Gasteiger partial charge in [-0.3, -0.25) is 10.1 Å². The van der Waals surface area contributed by atoms with Gasteiger partial charge in [-0.15, -0.1) is 0 Å². The molecule has 0 aromatic heterocycles. The molecule has 3 nitrogen and oxygen atoms in total. The van der Waals surface area contributed by atoms with Crippen LogP contribution in [0.25, 0.3) is 0 Å². The third-order valence-electron chi connectivity index (χ3n) is 4.87. The van der Waals surface area contributed by atoms with Gasteiger partial charge in [0, 0.05) is 6.54 Å². The van der Waals surface area contributed by atoms with Crippen LogP contribution in [0.2, 0.25) is 0 Å².